The number of aryl methyl sites for hydroxylation is 1. The normalized spacial score (nSPS) is 12.2. The van der Waals surface area contributed by atoms with Crippen molar-refractivity contribution in [3.63, 3.8) is 0 Å². The molecule has 0 unspecified atom stereocenters. The number of nitrogens with zero attached hydrogens (tertiary/aromatic N) is 1. The molecule has 0 aliphatic rings. The van der Waals surface area contributed by atoms with E-state index in [1.807, 2.05) is 6.92 Å². The Morgan fingerprint density at radius 2 is 2.27 bits per heavy atom. The molecule has 0 aromatic heterocycles. The minimum Gasteiger partial charge on any atom is -0.496 e. The van der Waals surface area contributed by atoms with Crippen molar-refractivity contribution in [2.45, 2.75) is 13.0 Å². The smallest absolute Gasteiger partial charge is 0.233 e. The summed E-state index contributed by atoms with van der Waals surface area (Å²) in [5.74, 6) is 0.620. The van der Waals surface area contributed by atoms with Gasteiger partial charge in [0.15, 0.2) is 0 Å². The molecule has 0 spiro atoms. The second-order valence-electron chi connectivity index (χ2n) is 3.26. The van der Waals surface area contributed by atoms with E-state index in [9.17, 15) is 15.2 Å². The summed E-state index contributed by atoms with van der Waals surface area (Å²) >= 11 is 0. The predicted octanol–water partition coefficient (Wildman–Crippen LogP) is 1.31. The molecule has 0 radical (unpaired) electrons. The van der Waals surface area contributed by atoms with Crippen LogP contribution in [0.5, 0.6) is 5.75 Å². The molecule has 5 heteroatoms. The lowest BCUT2D eigenvalue weighted by Crippen LogP contribution is -2.11. The molecule has 0 saturated heterocycles. The molecule has 5 nitrogen and oxygen atoms in total. The summed E-state index contributed by atoms with van der Waals surface area (Å²) in [5, 5.41) is 19.7. The molecule has 1 N–H and O–H groups in total. The summed E-state index contributed by atoms with van der Waals surface area (Å²) in [4.78, 5) is 9.67. The first kappa shape index (κ1) is 11.5. The van der Waals surface area contributed by atoms with Gasteiger partial charge in [0.05, 0.1) is 7.11 Å². The zero-order valence-corrected chi connectivity index (χ0v) is 8.64. The van der Waals surface area contributed by atoms with E-state index < -0.39 is 17.6 Å². The lowest BCUT2D eigenvalue weighted by Gasteiger charge is -2.10. The van der Waals surface area contributed by atoms with E-state index in [2.05, 4.69) is 0 Å². The zero-order chi connectivity index (χ0) is 11.4. The van der Waals surface area contributed by atoms with E-state index in [1.165, 1.54) is 7.11 Å². The van der Waals surface area contributed by atoms with Crippen molar-refractivity contribution in [1.29, 1.82) is 0 Å². The topological polar surface area (TPSA) is 72.6 Å². The van der Waals surface area contributed by atoms with Crippen LogP contribution in [0.25, 0.3) is 0 Å². The van der Waals surface area contributed by atoms with E-state index in [4.69, 9.17) is 4.74 Å². The standard InChI is InChI=1S/C10H13NO4/c1-7-3-4-8(5-10(7)15-2)9(12)6-11(13)14/h3-5,9,12H,6H2,1-2H3/t9-/m0/s1. The highest BCUT2D eigenvalue weighted by molar-refractivity contribution is 5.37. The molecule has 15 heavy (non-hydrogen) atoms. The van der Waals surface area contributed by atoms with Crippen LogP contribution in [-0.4, -0.2) is 23.7 Å². The van der Waals surface area contributed by atoms with Gasteiger partial charge in [-0.15, -0.1) is 0 Å². The van der Waals surface area contributed by atoms with Gasteiger partial charge in [0.2, 0.25) is 6.54 Å². The van der Waals surface area contributed by atoms with Gasteiger partial charge in [0.1, 0.15) is 11.9 Å². The fraction of sp³-hybridized carbons (Fsp3) is 0.400. The Kier molecular flexibility index (Phi) is 3.62. The third-order valence-corrected chi connectivity index (χ3v) is 2.14. The van der Waals surface area contributed by atoms with Crippen molar-refractivity contribution in [3.05, 3.63) is 39.4 Å². The van der Waals surface area contributed by atoms with Crippen LogP contribution >= 0.6 is 0 Å². The van der Waals surface area contributed by atoms with Gasteiger partial charge in [-0.05, 0) is 24.1 Å². The Labute approximate surface area is 87.5 Å². The molecular weight excluding hydrogens is 198 g/mol. The van der Waals surface area contributed by atoms with Crippen LogP contribution in [0.2, 0.25) is 0 Å². The van der Waals surface area contributed by atoms with Crippen LogP contribution in [0, 0.1) is 17.0 Å². The van der Waals surface area contributed by atoms with Crippen LogP contribution in [0.15, 0.2) is 18.2 Å². The third kappa shape index (κ3) is 2.92. The molecule has 0 aliphatic carbocycles. The number of methoxy groups -OCH3 is 1. The first-order valence-electron chi connectivity index (χ1n) is 4.49. The Hall–Kier alpha value is -1.62. The van der Waals surface area contributed by atoms with Gasteiger partial charge >= 0.3 is 0 Å². The average Bonchev–Trinajstić information content (AvgIpc) is 2.17. The maximum absolute atomic E-state index is 10.2. The largest absolute Gasteiger partial charge is 0.496 e. The van der Waals surface area contributed by atoms with Crippen molar-refractivity contribution in [2.75, 3.05) is 13.7 Å². The van der Waals surface area contributed by atoms with E-state index in [0.29, 0.717) is 11.3 Å². The van der Waals surface area contributed by atoms with Gasteiger partial charge in [0.25, 0.3) is 0 Å². The quantitative estimate of drug-likeness (QED) is 0.602. The molecule has 0 fully saturated rings. The Morgan fingerprint density at radius 3 is 2.80 bits per heavy atom. The summed E-state index contributed by atoms with van der Waals surface area (Å²) < 4.78 is 5.06. The fourth-order valence-electron chi connectivity index (χ4n) is 1.29. The van der Waals surface area contributed by atoms with Crippen LogP contribution in [0.4, 0.5) is 0 Å². The van der Waals surface area contributed by atoms with Crippen molar-refractivity contribution in [1.82, 2.24) is 0 Å². The number of nitro groups is 1. The van der Waals surface area contributed by atoms with Crippen LogP contribution in [0.1, 0.15) is 17.2 Å². The van der Waals surface area contributed by atoms with E-state index in [-0.39, 0.29) is 0 Å². The molecule has 82 valence electrons. The first-order valence-corrected chi connectivity index (χ1v) is 4.49. The monoisotopic (exact) mass is 211 g/mol. The van der Waals surface area contributed by atoms with Gasteiger partial charge in [-0.25, -0.2) is 0 Å². The molecule has 1 aromatic rings. The number of aliphatic hydroxyl groups is 1. The minimum absolute atomic E-state index is 0.494. The Balaban J connectivity index is 2.90. The van der Waals surface area contributed by atoms with Crippen LogP contribution < -0.4 is 4.74 Å². The van der Waals surface area contributed by atoms with Crippen molar-refractivity contribution in [3.8, 4) is 5.75 Å². The van der Waals surface area contributed by atoms with Crippen molar-refractivity contribution >= 4 is 0 Å². The highest BCUT2D eigenvalue weighted by Gasteiger charge is 2.15. The van der Waals surface area contributed by atoms with Gasteiger partial charge in [0, 0.05) is 4.92 Å². The van der Waals surface area contributed by atoms with Gasteiger partial charge in [-0.2, -0.15) is 0 Å². The molecular formula is C10H13NO4. The molecule has 0 aliphatic heterocycles. The molecule has 0 amide bonds. The number of hydrogen-bond acceptors (Lipinski definition) is 4. The highest BCUT2D eigenvalue weighted by atomic mass is 16.6. The average molecular weight is 211 g/mol. The summed E-state index contributed by atoms with van der Waals surface area (Å²) in [6, 6.07) is 5.03. The summed E-state index contributed by atoms with van der Waals surface area (Å²) in [7, 11) is 1.52. The van der Waals surface area contributed by atoms with Crippen LogP contribution in [0.3, 0.4) is 0 Å². The lowest BCUT2D eigenvalue weighted by atomic mass is 10.1. The molecule has 1 aromatic carbocycles. The van der Waals surface area contributed by atoms with Crippen molar-refractivity contribution in [2.24, 2.45) is 0 Å². The Bertz CT molecular complexity index is 364. The highest BCUT2D eigenvalue weighted by Crippen LogP contribution is 2.23. The molecule has 0 bridgehead atoms. The van der Waals surface area contributed by atoms with Crippen LogP contribution in [-0.2, 0) is 0 Å². The summed E-state index contributed by atoms with van der Waals surface area (Å²) in [5.41, 5.74) is 1.42. The SMILES string of the molecule is COc1cc([C@@H](O)C[N+](=O)[O-])ccc1C. The first-order chi connectivity index (χ1) is 7.04. The summed E-state index contributed by atoms with van der Waals surface area (Å²) in [6.07, 6.45) is -1.09. The van der Waals surface area contributed by atoms with Gasteiger partial charge < -0.3 is 9.84 Å². The molecule has 1 rings (SSSR count). The van der Waals surface area contributed by atoms with Gasteiger partial charge in [-0.3, -0.25) is 10.1 Å². The maximum Gasteiger partial charge on any atom is 0.233 e. The molecule has 0 saturated carbocycles. The number of ether oxygens (including phenoxy) is 1. The maximum atomic E-state index is 10.2. The van der Waals surface area contributed by atoms with Crippen molar-refractivity contribution < 1.29 is 14.8 Å². The fourth-order valence-corrected chi connectivity index (χ4v) is 1.29. The van der Waals surface area contributed by atoms with E-state index in [1.54, 1.807) is 18.2 Å². The summed E-state index contributed by atoms with van der Waals surface area (Å²) in [6.45, 7) is 1.37. The number of hydrogen-bond donors (Lipinski definition) is 1. The molecule has 1 atom stereocenters. The lowest BCUT2D eigenvalue weighted by molar-refractivity contribution is -0.491. The third-order valence-electron chi connectivity index (χ3n) is 2.14. The molecule has 0 heterocycles. The van der Waals surface area contributed by atoms with E-state index >= 15 is 0 Å². The predicted molar refractivity (Wildman–Crippen MR) is 54.6 cm³/mol. The number of aliphatic hydroxyl groups excluding tert-OH is 1. The Morgan fingerprint density at radius 1 is 1.60 bits per heavy atom. The van der Waals surface area contributed by atoms with E-state index in [0.717, 1.165) is 5.56 Å². The number of rotatable bonds is 4. The minimum atomic E-state index is -1.09. The second kappa shape index (κ2) is 4.75. The van der Waals surface area contributed by atoms with Gasteiger partial charge in [-0.1, -0.05) is 12.1 Å². The number of benzene rings is 1. The second-order valence-corrected chi connectivity index (χ2v) is 3.26. The zero-order valence-electron chi connectivity index (χ0n) is 8.64.